The number of halogens is 1. The first-order chi connectivity index (χ1) is 8.22. The van der Waals surface area contributed by atoms with Crippen LogP contribution in [-0.2, 0) is 0 Å². The Balaban J connectivity index is 1.67. The first-order valence-corrected chi connectivity index (χ1v) is 6.59. The fourth-order valence-corrected chi connectivity index (χ4v) is 3.27. The average Bonchev–Trinajstić information content (AvgIpc) is 2.52. The van der Waals surface area contributed by atoms with Gasteiger partial charge in [0.15, 0.2) is 0 Å². The summed E-state index contributed by atoms with van der Waals surface area (Å²) in [5.41, 5.74) is 0. The Kier molecular flexibility index (Phi) is 2.97. The molecular weight excluding hydrogens is 236 g/mol. The van der Waals surface area contributed by atoms with Crippen molar-refractivity contribution in [2.45, 2.75) is 43.9 Å². The lowest BCUT2D eigenvalue weighted by Gasteiger charge is -2.36. The number of ether oxygens (including phenoxy) is 1. The van der Waals surface area contributed by atoms with Gasteiger partial charge in [0.2, 0.25) is 0 Å². The normalized spacial score (nSPS) is 32.7. The molecule has 0 N–H and O–H groups in total. The van der Waals surface area contributed by atoms with E-state index in [9.17, 15) is 0 Å². The van der Waals surface area contributed by atoms with E-state index in [1.54, 1.807) is 12.4 Å². The van der Waals surface area contributed by atoms with E-state index in [4.69, 9.17) is 16.3 Å². The molecule has 4 heteroatoms. The summed E-state index contributed by atoms with van der Waals surface area (Å²) in [6.45, 7) is 0. The van der Waals surface area contributed by atoms with Crippen molar-refractivity contribution in [3.8, 4) is 5.75 Å². The van der Waals surface area contributed by atoms with Gasteiger partial charge in [-0.15, -0.1) is 0 Å². The molecule has 0 aromatic carbocycles. The molecule has 0 saturated carbocycles. The zero-order chi connectivity index (χ0) is 11.8. The predicted molar refractivity (Wildman–Crippen MR) is 67.5 cm³/mol. The molecule has 2 aliphatic heterocycles. The Labute approximate surface area is 107 Å². The second-order valence-corrected chi connectivity index (χ2v) is 5.54. The molecule has 2 aliphatic rings. The number of fused-ring (bicyclic) bond motifs is 2. The van der Waals surface area contributed by atoms with Crippen molar-refractivity contribution in [3.05, 3.63) is 23.5 Å². The molecule has 0 spiro atoms. The second-order valence-electron chi connectivity index (χ2n) is 5.10. The summed E-state index contributed by atoms with van der Waals surface area (Å²) in [6, 6.07) is 3.24. The molecule has 3 rings (SSSR count). The molecule has 2 saturated heterocycles. The van der Waals surface area contributed by atoms with Gasteiger partial charge in [-0.2, -0.15) is 0 Å². The van der Waals surface area contributed by atoms with Crippen LogP contribution < -0.4 is 4.74 Å². The third-order valence-electron chi connectivity index (χ3n) is 4.04. The van der Waals surface area contributed by atoms with Crippen LogP contribution in [0.1, 0.15) is 25.7 Å². The van der Waals surface area contributed by atoms with Gasteiger partial charge in [0, 0.05) is 24.3 Å². The molecule has 3 heterocycles. The third kappa shape index (κ3) is 2.26. The minimum atomic E-state index is 0.323. The van der Waals surface area contributed by atoms with E-state index < -0.39 is 0 Å². The molecule has 1 aromatic rings. The van der Waals surface area contributed by atoms with Crippen LogP contribution in [0.25, 0.3) is 0 Å². The van der Waals surface area contributed by atoms with Crippen molar-refractivity contribution in [3.63, 3.8) is 0 Å². The van der Waals surface area contributed by atoms with Crippen LogP contribution >= 0.6 is 11.6 Å². The first kappa shape index (κ1) is 11.3. The summed E-state index contributed by atoms with van der Waals surface area (Å²) >= 11 is 5.90. The second kappa shape index (κ2) is 4.46. The highest BCUT2D eigenvalue weighted by molar-refractivity contribution is 6.30. The number of hydrogen-bond donors (Lipinski definition) is 0. The van der Waals surface area contributed by atoms with Gasteiger partial charge >= 0.3 is 0 Å². The van der Waals surface area contributed by atoms with Gasteiger partial charge in [-0.05, 0) is 32.7 Å². The Hall–Kier alpha value is -0.800. The molecule has 1 unspecified atom stereocenters. The molecule has 92 valence electrons. The summed E-state index contributed by atoms with van der Waals surface area (Å²) in [6.07, 6.45) is 8.57. The average molecular weight is 253 g/mol. The Morgan fingerprint density at radius 2 is 2.00 bits per heavy atom. The summed E-state index contributed by atoms with van der Waals surface area (Å²) in [7, 11) is 2.24. The molecule has 3 nitrogen and oxygen atoms in total. The van der Waals surface area contributed by atoms with Crippen LogP contribution in [0.3, 0.4) is 0 Å². The first-order valence-electron chi connectivity index (χ1n) is 6.21. The van der Waals surface area contributed by atoms with Gasteiger partial charge in [-0.1, -0.05) is 11.6 Å². The van der Waals surface area contributed by atoms with Crippen molar-refractivity contribution < 1.29 is 4.74 Å². The number of aromatic nitrogens is 1. The predicted octanol–water partition coefficient (Wildman–Crippen LogP) is 2.74. The maximum Gasteiger partial charge on any atom is 0.139 e. The van der Waals surface area contributed by atoms with Crippen molar-refractivity contribution in [2.24, 2.45) is 0 Å². The standard InChI is InChI=1S/C13H17ClN2O/c1-16-10-2-3-11(16)6-12(5-10)17-13-4-9(14)7-15-8-13/h4,7-8,10-12H,2-3,5-6H2,1H3/t10-,11+,12?. The smallest absolute Gasteiger partial charge is 0.139 e. The van der Waals surface area contributed by atoms with Gasteiger partial charge in [-0.25, -0.2) is 0 Å². The number of hydrogen-bond acceptors (Lipinski definition) is 3. The summed E-state index contributed by atoms with van der Waals surface area (Å²) in [4.78, 5) is 6.56. The Morgan fingerprint density at radius 3 is 2.65 bits per heavy atom. The third-order valence-corrected chi connectivity index (χ3v) is 4.24. The lowest BCUT2D eigenvalue weighted by atomic mass is 10.0. The zero-order valence-electron chi connectivity index (χ0n) is 9.97. The Bertz CT molecular complexity index is 398. The van der Waals surface area contributed by atoms with Crippen molar-refractivity contribution in [1.29, 1.82) is 0 Å². The summed E-state index contributed by atoms with van der Waals surface area (Å²) in [5.74, 6) is 0.798. The molecule has 1 aromatic heterocycles. The number of pyridine rings is 1. The van der Waals surface area contributed by atoms with Crippen molar-refractivity contribution in [1.82, 2.24) is 9.88 Å². The highest BCUT2D eigenvalue weighted by Crippen LogP contribution is 2.35. The summed E-state index contributed by atoms with van der Waals surface area (Å²) in [5, 5.41) is 0.637. The number of rotatable bonds is 2. The maximum absolute atomic E-state index is 5.99. The fourth-order valence-electron chi connectivity index (χ4n) is 3.11. The van der Waals surface area contributed by atoms with Crippen molar-refractivity contribution in [2.75, 3.05) is 7.05 Å². The summed E-state index contributed by atoms with van der Waals surface area (Å²) < 4.78 is 5.99. The van der Waals surface area contributed by atoms with Crippen LogP contribution in [0, 0.1) is 0 Å². The molecule has 0 amide bonds. The topological polar surface area (TPSA) is 25.4 Å². The molecular formula is C13H17ClN2O. The SMILES string of the molecule is CN1[C@@H]2CC[C@H]1CC(Oc1cncc(Cl)c1)C2. The molecule has 17 heavy (non-hydrogen) atoms. The Morgan fingerprint density at radius 1 is 1.29 bits per heavy atom. The van der Waals surface area contributed by atoms with E-state index in [1.807, 2.05) is 6.07 Å². The fraction of sp³-hybridized carbons (Fsp3) is 0.615. The lowest BCUT2D eigenvalue weighted by molar-refractivity contribution is 0.0659. The van der Waals surface area contributed by atoms with Crippen LogP contribution in [0.5, 0.6) is 5.75 Å². The highest BCUT2D eigenvalue weighted by atomic mass is 35.5. The molecule has 3 atom stereocenters. The van der Waals surface area contributed by atoms with Crippen LogP contribution in [0.2, 0.25) is 5.02 Å². The van der Waals surface area contributed by atoms with Crippen LogP contribution in [0.15, 0.2) is 18.5 Å². The lowest BCUT2D eigenvalue weighted by Crippen LogP contribution is -2.43. The van der Waals surface area contributed by atoms with E-state index in [0.29, 0.717) is 23.2 Å². The van der Waals surface area contributed by atoms with Crippen LogP contribution in [-0.4, -0.2) is 35.1 Å². The van der Waals surface area contributed by atoms with E-state index in [-0.39, 0.29) is 0 Å². The van der Waals surface area contributed by atoms with E-state index in [2.05, 4.69) is 16.9 Å². The van der Waals surface area contributed by atoms with Crippen LogP contribution in [0.4, 0.5) is 0 Å². The molecule has 0 radical (unpaired) electrons. The quantitative estimate of drug-likeness (QED) is 0.809. The van der Waals surface area contributed by atoms with E-state index in [1.165, 1.54) is 12.8 Å². The number of nitrogens with zero attached hydrogens (tertiary/aromatic N) is 2. The highest BCUT2D eigenvalue weighted by Gasteiger charge is 2.39. The van der Waals surface area contributed by atoms with Gasteiger partial charge in [0.1, 0.15) is 11.9 Å². The zero-order valence-corrected chi connectivity index (χ0v) is 10.7. The van der Waals surface area contributed by atoms with Gasteiger partial charge in [-0.3, -0.25) is 4.98 Å². The minimum absolute atomic E-state index is 0.323. The molecule has 2 bridgehead atoms. The van der Waals surface area contributed by atoms with Gasteiger partial charge in [0.05, 0.1) is 11.2 Å². The maximum atomic E-state index is 5.99. The monoisotopic (exact) mass is 252 g/mol. The molecule has 2 fully saturated rings. The largest absolute Gasteiger partial charge is 0.489 e. The number of piperidine rings is 1. The van der Waals surface area contributed by atoms with Gasteiger partial charge in [0.25, 0.3) is 0 Å². The molecule has 0 aliphatic carbocycles. The van der Waals surface area contributed by atoms with E-state index >= 15 is 0 Å². The van der Waals surface area contributed by atoms with Gasteiger partial charge < -0.3 is 9.64 Å². The van der Waals surface area contributed by atoms with Crippen molar-refractivity contribution >= 4 is 11.6 Å². The van der Waals surface area contributed by atoms with E-state index in [0.717, 1.165) is 18.6 Å². The minimum Gasteiger partial charge on any atom is -0.489 e.